The van der Waals surface area contributed by atoms with E-state index in [4.69, 9.17) is 9.47 Å². The molecule has 46 heavy (non-hydrogen) atoms. The Labute approximate surface area is 275 Å². The molecule has 3 unspecified atom stereocenters. The normalized spacial score (nSPS) is 28.7. The fourth-order valence-electron chi connectivity index (χ4n) is 8.21. The lowest BCUT2D eigenvalue weighted by molar-refractivity contribution is -0.162. The van der Waals surface area contributed by atoms with Gasteiger partial charge in [0.05, 0.1) is 30.8 Å². The topological polar surface area (TPSA) is 99.6 Å². The van der Waals surface area contributed by atoms with Crippen LogP contribution in [0.5, 0.6) is 0 Å². The summed E-state index contributed by atoms with van der Waals surface area (Å²) in [4.78, 5) is 49.0. The van der Waals surface area contributed by atoms with Crippen LogP contribution in [0, 0.1) is 23.7 Å². The zero-order valence-electron chi connectivity index (χ0n) is 28.7. The molecule has 1 spiro atoms. The number of hydrogen-bond acceptors (Lipinski definition) is 7. The molecule has 7 atom stereocenters. The number of anilines is 2. The Balaban J connectivity index is 1.78. The second kappa shape index (κ2) is 14.7. The van der Waals surface area contributed by atoms with E-state index in [0.29, 0.717) is 24.9 Å². The number of carbonyl (C=O) groups excluding carboxylic acids is 3. The highest BCUT2D eigenvalue weighted by Gasteiger charge is 2.80. The minimum Gasteiger partial charge on any atom is -0.465 e. The smallest absolute Gasteiger partial charge is 0.312 e. The van der Waals surface area contributed by atoms with Crippen LogP contribution >= 0.6 is 0 Å². The molecule has 0 radical (unpaired) electrons. The highest BCUT2D eigenvalue weighted by atomic mass is 16.6. The number of benzene rings is 1. The van der Waals surface area contributed by atoms with Crippen molar-refractivity contribution < 1.29 is 29.0 Å². The summed E-state index contributed by atoms with van der Waals surface area (Å²) in [5, 5.41) is 10.7. The summed E-state index contributed by atoms with van der Waals surface area (Å²) < 4.78 is 12.7. The zero-order chi connectivity index (χ0) is 33.8. The minimum absolute atomic E-state index is 0.107. The molecule has 2 amide bonds. The van der Waals surface area contributed by atoms with Crippen LogP contribution in [0.2, 0.25) is 0 Å². The van der Waals surface area contributed by atoms with Gasteiger partial charge >= 0.3 is 5.97 Å². The molecule has 1 N–H and O–H groups in total. The third kappa shape index (κ3) is 6.25. The van der Waals surface area contributed by atoms with E-state index in [1.54, 1.807) is 15.9 Å². The number of fused-ring (bicyclic) bond motifs is 1. The van der Waals surface area contributed by atoms with E-state index in [9.17, 15) is 14.7 Å². The van der Waals surface area contributed by atoms with E-state index in [2.05, 4.69) is 31.9 Å². The van der Waals surface area contributed by atoms with Gasteiger partial charge in [0.25, 0.3) is 5.91 Å². The van der Waals surface area contributed by atoms with Gasteiger partial charge in [-0.2, -0.15) is 0 Å². The summed E-state index contributed by atoms with van der Waals surface area (Å²) in [6, 6.07) is 6.21. The predicted octanol–water partition coefficient (Wildman–Crippen LogP) is 5.37. The largest absolute Gasteiger partial charge is 0.465 e. The van der Waals surface area contributed by atoms with Crippen molar-refractivity contribution in [3.8, 4) is 0 Å². The Bertz CT molecular complexity index is 1260. The van der Waals surface area contributed by atoms with Crippen molar-refractivity contribution in [3.63, 3.8) is 0 Å². The van der Waals surface area contributed by atoms with E-state index >= 15 is 4.79 Å². The number of amides is 2. The third-order valence-electron chi connectivity index (χ3n) is 10.5. The molecular formula is C37H55N3O6. The zero-order valence-corrected chi connectivity index (χ0v) is 28.7. The second-order valence-electron chi connectivity index (χ2n) is 13.8. The lowest BCUT2D eigenvalue weighted by Crippen LogP contribution is -2.59. The Kier molecular flexibility index (Phi) is 11.4. The van der Waals surface area contributed by atoms with Crippen LogP contribution < -0.4 is 9.80 Å². The number of hydrogen-bond donors (Lipinski definition) is 1. The van der Waals surface area contributed by atoms with Crippen LogP contribution in [-0.4, -0.2) is 83.9 Å². The number of nitrogens with zero attached hydrogens (tertiary/aromatic N) is 3. The van der Waals surface area contributed by atoms with Crippen LogP contribution in [0.1, 0.15) is 73.6 Å². The molecular weight excluding hydrogens is 582 g/mol. The monoisotopic (exact) mass is 637 g/mol. The van der Waals surface area contributed by atoms with Gasteiger partial charge in [0.2, 0.25) is 5.91 Å². The van der Waals surface area contributed by atoms with Crippen LogP contribution in [0.15, 0.2) is 49.6 Å². The maximum Gasteiger partial charge on any atom is 0.312 e. The van der Waals surface area contributed by atoms with Crippen LogP contribution in [0.25, 0.3) is 0 Å². The van der Waals surface area contributed by atoms with Gasteiger partial charge in [0, 0.05) is 31.0 Å². The lowest BCUT2D eigenvalue weighted by Gasteiger charge is -2.40. The third-order valence-corrected chi connectivity index (χ3v) is 10.5. The summed E-state index contributed by atoms with van der Waals surface area (Å²) in [6.07, 6.45) is 6.83. The Morgan fingerprint density at radius 1 is 1.13 bits per heavy atom. The Morgan fingerprint density at radius 2 is 1.78 bits per heavy atom. The average molecular weight is 638 g/mol. The number of rotatable bonds is 17. The van der Waals surface area contributed by atoms with Crippen molar-refractivity contribution in [2.24, 2.45) is 23.7 Å². The van der Waals surface area contributed by atoms with Crippen LogP contribution in [-0.2, 0) is 23.9 Å². The number of aliphatic hydroxyl groups excluding tert-OH is 1. The average Bonchev–Trinajstić information content (AvgIpc) is 3.55. The van der Waals surface area contributed by atoms with Crippen molar-refractivity contribution in [1.29, 1.82) is 0 Å². The molecule has 3 fully saturated rings. The van der Waals surface area contributed by atoms with Crippen molar-refractivity contribution >= 4 is 29.2 Å². The van der Waals surface area contributed by atoms with Crippen molar-refractivity contribution in [1.82, 2.24) is 4.90 Å². The molecule has 2 bridgehead atoms. The molecule has 3 saturated heterocycles. The summed E-state index contributed by atoms with van der Waals surface area (Å²) >= 11 is 0. The standard InChI is InChI=1S/C37H55N3O6/c1-9-13-14-15-21-45-35(44)31-30-33(42)40(29(24-41)22-25(5)6)32(37(30)23-26(7)36(31,8)46-37)34(43)39(20-10-2)28-18-16-27(17-19-28)38(11-3)12-4/h9-10,16-19,25-26,29-32,41H,1-2,11-15,20-24H2,3-8H3/t26?,29-,30+,31+,32?,36-,37?/m1/s1. The maximum atomic E-state index is 15.0. The fourth-order valence-corrected chi connectivity index (χ4v) is 8.21. The quantitative estimate of drug-likeness (QED) is 0.139. The Hall–Kier alpha value is -3.17. The molecule has 0 saturated carbocycles. The van der Waals surface area contributed by atoms with Crippen molar-refractivity contribution in [2.45, 2.75) is 96.9 Å². The first kappa shape index (κ1) is 35.7. The highest BCUT2D eigenvalue weighted by molar-refractivity contribution is 6.05. The predicted molar refractivity (Wildman–Crippen MR) is 182 cm³/mol. The summed E-state index contributed by atoms with van der Waals surface area (Å²) in [6.45, 7) is 21.7. The number of unbranched alkanes of at least 4 members (excludes halogenated alkanes) is 2. The van der Waals surface area contributed by atoms with Gasteiger partial charge in [-0.3, -0.25) is 14.4 Å². The summed E-state index contributed by atoms with van der Waals surface area (Å²) in [5.41, 5.74) is -0.469. The molecule has 3 aliphatic rings. The first-order valence-electron chi connectivity index (χ1n) is 17.1. The molecule has 9 nitrogen and oxygen atoms in total. The van der Waals surface area contributed by atoms with E-state index in [-0.39, 0.29) is 43.4 Å². The minimum atomic E-state index is -1.24. The molecule has 254 valence electrons. The number of carbonyl (C=O) groups is 3. The van der Waals surface area contributed by atoms with E-state index in [1.165, 1.54) is 0 Å². The van der Waals surface area contributed by atoms with Gasteiger partial charge < -0.3 is 29.3 Å². The molecule has 3 heterocycles. The molecule has 9 heteroatoms. The molecule has 1 aromatic carbocycles. The van der Waals surface area contributed by atoms with E-state index in [0.717, 1.165) is 31.6 Å². The highest BCUT2D eigenvalue weighted by Crippen LogP contribution is 2.66. The lowest BCUT2D eigenvalue weighted by atomic mass is 9.62. The molecule has 3 aliphatic heterocycles. The number of aliphatic hydroxyl groups is 1. The summed E-state index contributed by atoms with van der Waals surface area (Å²) in [7, 11) is 0. The van der Waals surface area contributed by atoms with Crippen LogP contribution in [0.3, 0.4) is 0 Å². The van der Waals surface area contributed by atoms with E-state index in [1.807, 2.05) is 58.0 Å². The Morgan fingerprint density at radius 3 is 2.35 bits per heavy atom. The van der Waals surface area contributed by atoms with Gasteiger partial charge in [-0.15, -0.1) is 13.2 Å². The molecule has 0 aliphatic carbocycles. The molecule has 1 aromatic rings. The summed E-state index contributed by atoms with van der Waals surface area (Å²) in [5.74, 6) is -2.78. The first-order valence-corrected chi connectivity index (χ1v) is 17.1. The number of allylic oxidation sites excluding steroid dienone is 1. The molecule has 4 rings (SSSR count). The van der Waals surface area contributed by atoms with Crippen LogP contribution in [0.4, 0.5) is 11.4 Å². The number of ether oxygens (including phenoxy) is 2. The number of esters is 1. The van der Waals surface area contributed by atoms with Gasteiger partial charge in [-0.25, -0.2) is 0 Å². The first-order chi connectivity index (χ1) is 21.9. The molecule has 0 aromatic heterocycles. The van der Waals surface area contributed by atoms with Crippen molar-refractivity contribution in [3.05, 3.63) is 49.6 Å². The van der Waals surface area contributed by atoms with Gasteiger partial charge in [-0.05, 0) is 89.0 Å². The van der Waals surface area contributed by atoms with Crippen molar-refractivity contribution in [2.75, 3.05) is 42.6 Å². The SMILES string of the molecule is C=CCCCCOC(=O)[C@@H]1[C@H]2C(=O)N([C@@H](CO)CC(C)C)C(C(=O)N(CC=C)c3ccc(N(CC)CC)cc3)C23CC(C)[C@@]1(C)O3. The second-order valence-corrected chi connectivity index (χ2v) is 13.8. The van der Waals surface area contributed by atoms with Gasteiger partial charge in [-0.1, -0.05) is 32.9 Å². The van der Waals surface area contributed by atoms with E-state index < -0.39 is 41.1 Å². The number of likely N-dealkylation sites (tertiary alicyclic amines) is 1. The van der Waals surface area contributed by atoms with Gasteiger partial charge in [0.1, 0.15) is 17.6 Å². The van der Waals surface area contributed by atoms with Gasteiger partial charge in [0.15, 0.2) is 0 Å². The fraction of sp³-hybridized carbons (Fsp3) is 0.649. The maximum absolute atomic E-state index is 15.0.